The van der Waals surface area contributed by atoms with Gasteiger partial charge in [0.25, 0.3) is 0 Å². The van der Waals surface area contributed by atoms with Crippen molar-refractivity contribution in [1.29, 1.82) is 0 Å². The van der Waals surface area contributed by atoms with Gasteiger partial charge in [-0.05, 0) is 49.2 Å². The molecule has 1 N–H and O–H groups in total. The molecule has 0 bridgehead atoms. The maximum atomic E-state index is 4.03. The van der Waals surface area contributed by atoms with Crippen LogP contribution in [0.2, 0.25) is 0 Å². The zero-order valence-corrected chi connectivity index (χ0v) is 11.3. The fourth-order valence-electron chi connectivity index (χ4n) is 2.79. The average Bonchev–Trinajstić information content (AvgIpc) is 3.03. The number of aromatic nitrogens is 2. The lowest BCUT2D eigenvalue weighted by molar-refractivity contribution is 0.167. The topological polar surface area (TPSA) is 31.9 Å². The summed E-state index contributed by atoms with van der Waals surface area (Å²) in [4.78, 5) is 4.08. The minimum absolute atomic E-state index is 0.777. The Morgan fingerprint density at radius 2 is 2.44 bits per heavy atom. The van der Waals surface area contributed by atoms with Crippen LogP contribution >= 0.6 is 11.3 Å². The van der Waals surface area contributed by atoms with E-state index in [0.29, 0.717) is 0 Å². The first kappa shape index (κ1) is 11.9. The molecule has 0 radical (unpaired) electrons. The monoisotopic (exact) mass is 261 g/mol. The Hall–Kier alpha value is -1.13. The maximum absolute atomic E-state index is 4.03. The number of aromatic amines is 1. The molecule has 1 aliphatic heterocycles. The minimum atomic E-state index is 0.777. The van der Waals surface area contributed by atoms with E-state index < -0.39 is 0 Å². The lowest BCUT2D eigenvalue weighted by atomic mass is 9.93. The molecule has 96 valence electrons. The molecule has 1 aliphatic rings. The Morgan fingerprint density at radius 1 is 1.44 bits per heavy atom. The van der Waals surface area contributed by atoms with Gasteiger partial charge in [-0.15, -0.1) is 11.3 Å². The van der Waals surface area contributed by atoms with Crippen LogP contribution in [0.4, 0.5) is 0 Å². The van der Waals surface area contributed by atoms with Crippen molar-refractivity contribution >= 4 is 11.3 Å². The van der Waals surface area contributed by atoms with Gasteiger partial charge < -0.3 is 0 Å². The van der Waals surface area contributed by atoms with Crippen molar-refractivity contribution in [2.75, 3.05) is 13.1 Å². The van der Waals surface area contributed by atoms with E-state index in [0.717, 1.165) is 18.9 Å². The summed E-state index contributed by atoms with van der Waals surface area (Å²) in [5.41, 5.74) is 1.28. The number of nitrogens with zero attached hydrogens (tertiary/aromatic N) is 2. The molecule has 18 heavy (non-hydrogen) atoms. The summed E-state index contributed by atoms with van der Waals surface area (Å²) in [5, 5.41) is 9.28. The molecule has 0 spiro atoms. The van der Waals surface area contributed by atoms with Crippen LogP contribution in [0.15, 0.2) is 29.8 Å². The number of hydrogen-bond acceptors (Lipinski definition) is 3. The predicted molar refractivity (Wildman–Crippen MR) is 74.6 cm³/mol. The van der Waals surface area contributed by atoms with Crippen LogP contribution < -0.4 is 0 Å². The maximum Gasteiger partial charge on any atom is 0.0490 e. The Kier molecular flexibility index (Phi) is 3.76. The molecular weight excluding hydrogens is 242 g/mol. The summed E-state index contributed by atoms with van der Waals surface area (Å²) < 4.78 is 0. The number of likely N-dealkylation sites (tertiary alicyclic amines) is 1. The SMILES string of the molecule is c1csc(CN2CCC[C@H](Cc3ccn[nH]3)C2)c1. The third-order valence-electron chi connectivity index (χ3n) is 3.63. The average molecular weight is 261 g/mol. The molecule has 1 saturated heterocycles. The lowest BCUT2D eigenvalue weighted by Gasteiger charge is -2.32. The van der Waals surface area contributed by atoms with Gasteiger partial charge in [0.05, 0.1) is 0 Å². The lowest BCUT2D eigenvalue weighted by Crippen LogP contribution is -2.35. The zero-order chi connectivity index (χ0) is 12.2. The first-order chi connectivity index (χ1) is 8.90. The van der Waals surface area contributed by atoms with Gasteiger partial charge in [0.1, 0.15) is 0 Å². The Morgan fingerprint density at radius 3 is 3.22 bits per heavy atom. The predicted octanol–water partition coefficient (Wildman–Crippen LogP) is 2.93. The van der Waals surface area contributed by atoms with E-state index in [1.54, 1.807) is 0 Å². The van der Waals surface area contributed by atoms with Gasteiger partial charge >= 0.3 is 0 Å². The summed E-state index contributed by atoms with van der Waals surface area (Å²) in [7, 11) is 0. The van der Waals surface area contributed by atoms with Crippen molar-refractivity contribution in [2.45, 2.75) is 25.8 Å². The molecule has 0 saturated carbocycles. The van der Waals surface area contributed by atoms with Gasteiger partial charge in [0, 0.05) is 29.9 Å². The van der Waals surface area contributed by atoms with Crippen LogP contribution in [-0.4, -0.2) is 28.2 Å². The van der Waals surface area contributed by atoms with Crippen molar-refractivity contribution < 1.29 is 0 Å². The van der Waals surface area contributed by atoms with E-state index >= 15 is 0 Å². The molecule has 2 aromatic rings. The highest BCUT2D eigenvalue weighted by atomic mass is 32.1. The third kappa shape index (κ3) is 3.00. The highest BCUT2D eigenvalue weighted by Crippen LogP contribution is 2.22. The van der Waals surface area contributed by atoms with Crippen LogP contribution in [0.25, 0.3) is 0 Å². The standard InChI is InChI=1S/C14H19N3S/c1-3-12(9-13-5-6-15-16-13)10-17(7-1)11-14-4-2-8-18-14/h2,4-6,8,12H,1,3,7,9-11H2,(H,15,16)/t12-/m1/s1. The van der Waals surface area contributed by atoms with Gasteiger partial charge in [0.2, 0.25) is 0 Å². The number of H-pyrrole nitrogens is 1. The molecule has 2 aromatic heterocycles. The molecule has 4 heteroatoms. The summed E-state index contributed by atoms with van der Waals surface area (Å²) in [5.74, 6) is 0.777. The molecule has 0 aliphatic carbocycles. The molecule has 0 unspecified atom stereocenters. The van der Waals surface area contributed by atoms with Crippen molar-refractivity contribution in [3.63, 3.8) is 0 Å². The van der Waals surface area contributed by atoms with Gasteiger partial charge in [0.15, 0.2) is 0 Å². The van der Waals surface area contributed by atoms with Crippen molar-refractivity contribution in [3.8, 4) is 0 Å². The summed E-state index contributed by atoms with van der Waals surface area (Å²) in [6.45, 7) is 3.59. The number of piperidine rings is 1. The number of nitrogens with one attached hydrogen (secondary N) is 1. The van der Waals surface area contributed by atoms with Gasteiger partial charge in [-0.1, -0.05) is 6.07 Å². The van der Waals surface area contributed by atoms with Crippen LogP contribution in [0, 0.1) is 5.92 Å². The molecule has 0 aromatic carbocycles. The van der Waals surface area contributed by atoms with Crippen molar-refractivity contribution in [2.24, 2.45) is 5.92 Å². The van der Waals surface area contributed by atoms with Gasteiger partial charge in [-0.25, -0.2) is 0 Å². The number of hydrogen-bond donors (Lipinski definition) is 1. The largest absolute Gasteiger partial charge is 0.298 e. The van der Waals surface area contributed by atoms with Crippen LogP contribution in [0.1, 0.15) is 23.4 Å². The molecule has 1 atom stereocenters. The first-order valence-corrected chi connectivity index (χ1v) is 7.51. The number of thiophene rings is 1. The summed E-state index contributed by atoms with van der Waals surface area (Å²) in [6.07, 6.45) is 5.66. The Balaban J connectivity index is 1.55. The normalized spacial score (nSPS) is 21.2. The summed E-state index contributed by atoms with van der Waals surface area (Å²) in [6, 6.07) is 6.48. The van der Waals surface area contributed by atoms with Gasteiger partial charge in [-0.2, -0.15) is 5.10 Å². The van der Waals surface area contributed by atoms with Crippen LogP contribution in [0.3, 0.4) is 0 Å². The highest BCUT2D eigenvalue weighted by Gasteiger charge is 2.20. The molecule has 0 amide bonds. The van der Waals surface area contributed by atoms with Crippen molar-refractivity contribution in [1.82, 2.24) is 15.1 Å². The van der Waals surface area contributed by atoms with Gasteiger partial charge in [-0.3, -0.25) is 10.00 Å². The quantitative estimate of drug-likeness (QED) is 0.917. The first-order valence-electron chi connectivity index (χ1n) is 6.63. The van der Waals surface area contributed by atoms with E-state index in [-0.39, 0.29) is 0 Å². The summed E-state index contributed by atoms with van der Waals surface area (Å²) >= 11 is 1.87. The molecular formula is C14H19N3S. The van der Waals surface area contributed by atoms with Crippen LogP contribution in [-0.2, 0) is 13.0 Å². The fourth-order valence-corrected chi connectivity index (χ4v) is 3.54. The molecule has 3 heterocycles. The van der Waals surface area contributed by atoms with Crippen LogP contribution in [0.5, 0.6) is 0 Å². The molecule has 3 nitrogen and oxygen atoms in total. The minimum Gasteiger partial charge on any atom is -0.298 e. The number of rotatable bonds is 4. The van der Waals surface area contributed by atoms with E-state index in [2.05, 4.69) is 38.7 Å². The third-order valence-corrected chi connectivity index (χ3v) is 4.49. The molecule has 3 rings (SSSR count). The second-order valence-electron chi connectivity index (χ2n) is 5.11. The highest BCUT2D eigenvalue weighted by molar-refractivity contribution is 7.09. The Bertz CT molecular complexity index is 407. The smallest absolute Gasteiger partial charge is 0.0490 e. The zero-order valence-electron chi connectivity index (χ0n) is 10.5. The van der Waals surface area contributed by atoms with E-state index in [1.807, 2.05) is 17.5 Å². The second-order valence-corrected chi connectivity index (χ2v) is 6.14. The van der Waals surface area contributed by atoms with E-state index in [1.165, 1.54) is 36.5 Å². The second kappa shape index (κ2) is 5.67. The van der Waals surface area contributed by atoms with E-state index in [9.17, 15) is 0 Å². The van der Waals surface area contributed by atoms with Crippen molar-refractivity contribution in [3.05, 3.63) is 40.3 Å². The fraction of sp³-hybridized carbons (Fsp3) is 0.500. The van der Waals surface area contributed by atoms with E-state index in [4.69, 9.17) is 0 Å². The molecule has 1 fully saturated rings. The Labute approximate surface area is 112 Å².